The Bertz CT molecular complexity index is 1260. The number of halogens is 1. The van der Waals surface area contributed by atoms with E-state index in [4.69, 9.17) is 13.9 Å². The summed E-state index contributed by atoms with van der Waals surface area (Å²) in [6.07, 6.45) is 3.05. The van der Waals surface area contributed by atoms with Crippen LogP contribution >= 0.6 is 0 Å². The number of aromatic nitrogens is 3. The Labute approximate surface area is 170 Å². The summed E-state index contributed by atoms with van der Waals surface area (Å²) in [5.74, 6) is -1.85. The van der Waals surface area contributed by atoms with Gasteiger partial charge >= 0.3 is 0 Å². The van der Waals surface area contributed by atoms with E-state index in [1.165, 1.54) is 19.4 Å². The lowest BCUT2D eigenvalue weighted by atomic mass is 9.98. The van der Waals surface area contributed by atoms with Crippen molar-refractivity contribution in [1.29, 1.82) is 0 Å². The highest BCUT2D eigenvalue weighted by Gasteiger charge is 2.39. The molecule has 1 fully saturated rings. The third kappa shape index (κ3) is 2.55. The van der Waals surface area contributed by atoms with Crippen molar-refractivity contribution in [3.8, 4) is 40.1 Å². The number of phenolic OH excluding ortho intramolecular Hbond substituents is 2. The third-order valence-corrected chi connectivity index (χ3v) is 5.34. The predicted octanol–water partition coefficient (Wildman–Crippen LogP) is 3.66. The van der Waals surface area contributed by atoms with E-state index >= 15 is 4.39 Å². The zero-order valence-electron chi connectivity index (χ0n) is 16.2. The minimum atomic E-state index is -0.985. The molecule has 0 radical (unpaired) electrons. The summed E-state index contributed by atoms with van der Waals surface area (Å²) in [5.41, 5.74) is 1.63. The number of methoxy groups -OCH3 is 1. The molecule has 0 atom stereocenters. The smallest absolute Gasteiger partial charge is 0.225 e. The average Bonchev–Trinajstić information content (AvgIpc) is 3.38. The van der Waals surface area contributed by atoms with Crippen LogP contribution in [0.2, 0.25) is 0 Å². The lowest BCUT2D eigenvalue weighted by Crippen LogP contribution is -2.49. The van der Waals surface area contributed by atoms with Crippen LogP contribution in [-0.4, -0.2) is 45.1 Å². The number of hydrogen-bond donors (Lipinski definition) is 2. The first-order valence-electron chi connectivity index (χ1n) is 9.22. The molecule has 1 aliphatic rings. The van der Waals surface area contributed by atoms with E-state index in [1.54, 1.807) is 12.3 Å². The fourth-order valence-electron chi connectivity index (χ4n) is 3.76. The van der Waals surface area contributed by atoms with Crippen molar-refractivity contribution in [1.82, 2.24) is 14.5 Å². The maximum atomic E-state index is 15.0. The van der Waals surface area contributed by atoms with Crippen LogP contribution in [0.1, 0.15) is 6.92 Å². The Morgan fingerprint density at radius 3 is 2.63 bits per heavy atom. The van der Waals surface area contributed by atoms with Crippen molar-refractivity contribution in [3.63, 3.8) is 0 Å². The van der Waals surface area contributed by atoms with Gasteiger partial charge in [-0.15, -0.1) is 0 Å². The Balaban J connectivity index is 1.81. The molecule has 2 aromatic heterocycles. The number of hydrogen-bond acceptors (Lipinski definition) is 7. The number of nitrogens with zero attached hydrogens (tertiary/aromatic N) is 3. The van der Waals surface area contributed by atoms with Gasteiger partial charge in [-0.2, -0.15) is 0 Å². The van der Waals surface area contributed by atoms with Gasteiger partial charge in [0.15, 0.2) is 17.3 Å². The molecular weight excluding hydrogens is 393 g/mol. The molecule has 0 amide bonds. The average molecular weight is 411 g/mol. The maximum absolute atomic E-state index is 15.0. The molecule has 1 saturated heterocycles. The Morgan fingerprint density at radius 2 is 2.00 bits per heavy atom. The first kappa shape index (κ1) is 18.4. The zero-order chi connectivity index (χ0) is 21.0. The van der Waals surface area contributed by atoms with Crippen LogP contribution < -0.4 is 4.74 Å². The summed E-state index contributed by atoms with van der Waals surface area (Å²) in [6.45, 7) is 2.81. The number of benzene rings is 2. The van der Waals surface area contributed by atoms with Crippen LogP contribution in [-0.2, 0) is 10.3 Å². The van der Waals surface area contributed by atoms with Crippen LogP contribution in [0.3, 0.4) is 0 Å². The molecule has 5 rings (SSSR count). The number of imidazole rings is 1. The number of ether oxygens (including phenoxy) is 2. The zero-order valence-corrected chi connectivity index (χ0v) is 16.2. The minimum Gasteiger partial charge on any atom is -0.502 e. The number of oxazole rings is 1. The fraction of sp³-hybridized carbons (Fsp3) is 0.238. The van der Waals surface area contributed by atoms with E-state index in [2.05, 4.69) is 9.97 Å². The van der Waals surface area contributed by atoms with E-state index in [1.807, 2.05) is 23.6 Å². The summed E-state index contributed by atoms with van der Waals surface area (Å²) in [5, 5.41) is 20.0. The number of rotatable bonds is 4. The minimum absolute atomic E-state index is 0.00384. The second-order valence-corrected chi connectivity index (χ2v) is 7.44. The summed E-state index contributed by atoms with van der Waals surface area (Å²) < 4.78 is 32.8. The largest absolute Gasteiger partial charge is 0.502 e. The summed E-state index contributed by atoms with van der Waals surface area (Å²) in [7, 11) is 1.32. The van der Waals surface area contributed by atoms with Gasteiger partial charge < -0.3 is 28.7 Å². The van der Waals surface area contributed by atoms with Crippen LogP contribution in [0, 0.1) is 5.82 Å². The molecule has 2 N–H and O–H groups in total. The second kappa shape index (κ2) is 6.46. The molecule has 9 heteroatoms. The van der Waals surface area contributed by atoms with Gasteiger partial charge in [0.05, 0.1) is 48.7 Å². The topological polar surface area (TPSA) is 103 Å². The van der Waals surface area contributed by atoms with Crippen LogP contribution in [0.25, 0.3) is 33.9 Å². The fourth-order valence-corrected chi connectivity index (χ4v) is 3.76. The normalized spacial score (nSPS) is 15.3. The van der Waals surface area contributed by atoms with Gasteiger partial charge in [0, 0.05) is 5.56 Å². The molecule has 0 saturated carbocycles. The summed E-state index contributed by atoms with van der Waals surface area (Å²) in [6, 6.07) is 6.81. The summed E-state index contributed by atoms with van der Waals surface area (Å²) >= 11 is 0. The van der Waals surface area contributed by atoms with Gasteiger partial charge in [-0.1, -0.05) is 0 Å². The first-order valence-corrected chi connectivity index (χ1v) is 9.22. The first-order chi connectivity index (χ1) is 14.4. The maximum Gasteiger partial charge on any atom is 0.225 e. The van der Waals surface area contributed by atoms with Crippen molar-refractivity contribution < 1.29 is 28.5 Å². The number of fused-ring (bicyclic) bond motifs is 1. The van der Waals surface area contributed by atoms with Gasteiger partial charge in [-0.05, 0) is 31.2 Å². The van der Waals surface area contributed by atoms with Gasteiger partial charge in [0.2, 0.25) is 11.6 Å². The van der Waals surface area contributed by atoms with Crippen molar-refractivity contribution >= 4 is 11.0 Å². The van der Waals surface area contributed by atoms with Crippen molar-refractivity contribution in [2.75, 3.05) is 20.3 Å². The molecule has 0 bridgehead atoms. The monoisotopic (exact) mass is 411 g/mol. The molecular formula is C21H18FN3O5. The molecule has 0 aliphatic carbocycles. The molecule has 4 aromatic rings. The molecule has 8 nitrogen and oxygen atoms in total. The Kier molecular flexibility index (Phi) is 3.97. The Morgan fingerprint density at radius 1 is 1.20 bits per heavy atom. The van der Waals surface area contributed by atoms with Crippen molar-refractivity contribution in [3.05, 3.63) is 42.5 Å². The molecule has 1 aliphatic heterocycles. The van der Waals surface area contributed by atoms with Crippen LogP contribution in [0.5, 0.6) is 17.2 Å². The molecule has 3 heterocycles. The quantitative estimate of drug-likeness (QED) is 0.494. The van der Waals surface area contributed by atoms with Crippen LogP contribution in [0.4, 0.5) is 4.39 Å². The van der Waals surface area contributed by atoms with E-state index in [0.717, 1.165) is 11.1 Å². The summed E-state index contributed by atoms with van der Waals surface area (Å²) in [4.78, 5) is 8.81. The molecule has 0 unspecified atom stereocenters. The van der Waals surface area contributed by atoms with Gasteiger partial charge in [0.25, 0.3) is 0 Å². The predicted molar refractivity (Wildman–Crippen MR) is 105 cm³/mol. The van der Waals surface area contributed by atoms with E-state index < -0.39 is 22.9 Å². The molecule has 30 heavy (non-hydrogen) atoms. The highest BCUT2D eigenvalue weighted by atomic mass is 19.1. The van der Waals surface area contributed by atoms with E-state index in [0.29, 0.717) is 24.6 Å². The molecule has 0 spiro atoms. The lowest BCUT2D eigenvalue weighted by Gasteiger charge is -2.40. The molecule has 2 aromatic carbocycles. The van der Waals surface area contributed by atoms with Gasteiger partial charge in [-0.25, -0.2) is 14.4 Å². The standard InChI is InChI=1S/C21H18FN3O5/c1-21(9-29-10-21)25-14-7-11(20-23-5-6-30-20)3-4-13(14)24-19(25)12-8-15(28-2)17(26)18(27)16(12)22/h3-8,26-27H,9-10H2,1-2H3. The van der Waals surface area contributed by atoms with E-state index in [-0.39, 0.29) is 17.1 Å². The third-order valence-electron chi connectivity index (χ3n) is 5.34. The lowest BCUT2D eigenvalue weighted by molar-refractivity contribution is -0.0868. The highest BCUT2D eigenvalue weighted by molar-refractivity contribution is 5.85. The second-order valence-electron chi connectivity index (χ2n) is 7.44. The van der Waals surface area contributed by atoms with Gasteiger partial charge in [-0.3, -0.25) is 0 Å². The Hall–Kier alpha value is -3.59. The van der Waals surface area contributed by atoms with Gasteiger partial charge in [0.1, 0.15) is 12.1 Å². The van der Waals surface area contributed by atoms with E-state index in [9.17, 15) is 10.2 Å². The highest BCUT2D eigenvalue weighted by Crippen LogP contribution is 2.45. The van der Waals surface area contributed by atoms with Crippen molar-refractivity contribution in [2.45, 2.75) is 12.5 Å². The van der Waals surface area contributed by atoms with Crippen molar-refractivity contribution in [2.24, 2.45) is 0 Å². The van der Waals surface area contributed by atoms with Crippen LogP contribution in [0.15, 0.2) is 41.1 Å². The number of phenols is 2. The molecule has 154 valence electrons. The number of aromatic hydroxyl groups is 2. The SMILES string of the molecule is COc1cc(-c2nc3ccc(-c4ncco4)cc3n2C2(C)COC2)c(F)c(O)c1O.